The highest BCUT2D eigenvalue weighted by Crippen LogP contribution is 2.37. The van der Waals surface area contributed by atoms with Crippen molar-refractivity contribution < 1.29 is 28.4 Å². The molecule has 6 N–H and O–H groups in total. The van der Waals surface area contributed by atoms with Gasteiger partial charge in [0.2, 0.25) is 5.69 Å². The summed E-state index contributed by atoms with van der Waals surface area (Å²) in [7, 11) is 0. The molecule has 0 saturated heterocycles. The summed E-state index contributed by atoms with van der Waals surface area (Å²) in [6.45, 7) is 0. The zero-order chi connectivity index (χ0) is 16.6. The summed E-state index contributed by atoms with van der Waals surface area (Å²) in [6.07, 6.45) is 4.24. The molecule has 3 aromatic carbocycles. The highest BCUT2D eigenvalue weighted by Gasteiger charge is 2.24. The van der Waals surface area contributed by atoms with E-state index < -0.39 is 0 Å². The Morgan fingerprint density at radius 2 is 1.43 bits per heavy atom. The second-order valence-corrected chi connectivity index (χ2v) is 6.24. The van der Waals surface area contributed by atoms with E-state index in [0.29, 0.717) is 0 Å². The standard InChI is InChI=1S/C23H16N2.ClH.2H2O/c1-2-8-16(9-3-1)23(19-14-24-21-12-6-4-10-17(19)21)20-15-25-22-13-7-5-11-18(20)22;;;/h1-15,24H;1H;2*1H2/b23-20+;;;. The Kier molecular flexibility index (Phi) is 6.54. The maximum absolute atomic E-state index is 3.42. The fourth-order valence-electron chi connectivity index (χ4n) is 3.62. The van der Waals surface area contributed by atoms with Crippen LogP contribution in [0.1, 0.15) is 16.7 Å². The third-order valence-electron chi connectivity index (χ3n) is 4.78. The molecule has 5 rings (SSSR count). The Morgan fingerprint density at radius 1 is 0.750 bits per heavy atom. The number of hydrogen-bond acceptors (Lipinski definition) is 0. The zero-order valence-corrected chi connectivity index (χ0v) is 15.8. The predicted molar refractivity (Wildman–Crippen MR) is 111 cm³/mol. The van der Waals surface area contributed by atoms with Crippen LogP contribution in [0.2, 0.25) is 0 Å². The zero-order valence-electron chi connectivity index (χ0n) is 15.0. The van der Waals surface area contributed by atoms with Gasteiger partial charge in [0, 0.05) is 34.3 Å². The molecule has 1 aromatic heterocycles. The smallest absolute Gasteiger partial charge is 0.211 e. The Bertz CT molecular complexity index is 1150. The Balaban J connectivity index is 0.000000934. The van der Waals surface area contributed by atoms with Crippen LogP contribution in [0.4, 0.5) is 5.69 Å². The summed E-state index contributed by atoms with van der Waals surface area (Å²) in [4.78, 5) is 6.83. The fourth-order valence-corrected chi connectivity index (χ4v) is 3.62. The van der Waals surface area contributed by atoms with Crippen molar-refractivity contribution >= 4 is 34.0 Å². The number of halogens is 1. The van der Waals surface area contributed by atoms with Crippen LogP contribution in [0.25, 0.3) is 22.0 Å². The number of allylic oxidation sites excluding steroid dienone is 1. The molecule has 0 aliphatic carbocycles. The van der Waals surface area contributed by atoms with Gasteiger partial charge in [-0.15, -0.1) is 0 Å². The second kappa shape index (κ2) is 8.67. The van der Waals surface area contributed by atoms with Gasteiger partial charge in [0.1, 0.15) is 0 Å². The van der Waals surface area contributed by atoms with Crippen LogP contribution in [0, 0.1) is 0 Å². The Labute approximate surface area is 169 Å². The number of rotatable bonds is 2. The minimum Gasteiger partial charge on any atom is -1.00 e. The molecule has 0 radical (unpaired) electrons. The number of aromatic nitrogens is 1. The summed E-state index contributed by atoms with van der Waals surface area (Å²) in [5, 5.41) is 1.24. The van der Waals surface area contributed by atoms with Crippen LogP contribution < -0.4 is 17.4 Å². The van der Waals surface area contributed by atoms with Gasteiger partial charge in [-0.3, -0.25) is 0 Å². The molecule has 0 fully saturated rings. The molecule has 0 amide bonds. The molecule has 0 saturated carbocycles. The van der Waals surface area contributed by atoms with Gasteiger partial charge in [0.05, 0.1) is 11.1 Å². The van der Waals surface area contributed by atoms with E-state index in [1.807, 2.05) is 0 Å². The molecule has 0 spiro atoms. The second-order valence-electron chi connectivity index (χ2n) is 6.24. The van der Waals surface area contributed by atoms with E-state index in [4.69, 9.17) is 0 Å². The Hall–Kier alpha value is -3.18. The number of H-pyrrole nitrogens is 1. The molecule has 2 heterocycles. The first-order chi connectivity index (χ1) is 12.4. The van der Waals surface area contributed by atoms with Gasteiger partial charge >= 0.3 is 0 Å². The minimum atomic E-state index is 0. The fraction of sp³-hybridized carbons (Fsp3) is 0. The first kappa shape index (κ1) is 21.1. The summed E-state index contributed by atoms with van der Waals surface area (Å²) in [5.41, 5.74) is 8.48. The van der Waals surface area contributed by atoms with E-state index >= 15 is 0 Å². The van der Waals surface area contributed by atoms with Crippen LogP contribution >= 0.6 is 0 Å². The SMILES string of the molecule is C1=[NH+]c2ccccc2/C1=C(\c1ccccc1)c1c[nH]c2ccccc12.O.O.[Cl-]. The molecule has 1 aliphatic rings. The van der Waals surface area contributed by atoms with E-state index in [9.17, 15) is 0 Å². The molecule has 142 valence electrons. The number of para-hydroxylation sites is 2. The van der Waals surface area contributed by atoms with E-state index in [2.05, 4.69) is 101 Å². The van der Waals surface area contributed by atoms with Gasteiger partial charge in [0.15, 0.2) is 6.21 Å². The molecule has 4 nitrogen and oxygen atoms in total. The molecule has 28 heavy (non-hydrogen) atoms. The molecular formula is C23H21ClN2O2. The summed E-state index contributed by atoms with van der Waals surface area (Å²) >= 11 is 0. The van der Waals surface area contributed by atoms with Crippen molar-refractivity contribution in [3.05, 3.63) is 102 Å². The van der Waals surface area contributed by atoms with Gasteiger partial charge in [0.25, 0.3) is 0 Å². The number of nitrogens with one attached hydrogen (secondary N) is 2. The van der Waals surface area contributed by atoms with Gasteiger partial charge in [-0.1, -0.05) is 60.7 Å². The highest BCUT2D eigenvalue weighted by molar-refractivity contribution is 6.24. The number of benzene rings is 3. The quantitative estimate of drug-likeness (QED) is 0.450. The first-order valence-corrected chi connectivity index (χ1v) is 8.47. The lowest BCUT2D eigenvalue weighted by Gasteiger charge is -2.10. The average Bonchev–Trinajstić information content (AvgIpc) is 3.29. The van der Waals surface area contributed by atoms with E-state index in [-0.39, 0.29) is 23.4 Å². The normalized spacial score (nSPS) is 13.1. The predicted octanol–water partition coefficient (Wildman–Crippen LogP) is -0.722. The van der Waals surface area contributed by atoms with Crippen molar-refractivity contribution in [2.75, 3.05) is 0 Å². The first-order valence-electron chi connectivity index (χ1n) is 8.47. The number of hydrogen-bond donors (Lipinski definition) is 2. The van der Waals surface area contributed by atoms with Crippen LogP contribution in [-0.2, 0) is 0 Å². The molecule has 0 unspecified atom stereocenters. The number of fused-ring (bicyclic) bond motifs is 2. The number of aromatic amines is 1. The molecule has 4 aromatic rings. The van der Waals surface area contributed by atoms with Gasteiger partial charge < -0.3 is 28.3 Å². The van der Waals surface area contributed by atoms with Crippen molar-refractivity contribution in [3.8, 4) is 0 Å². The van der Waals surface area contributed by atoms with Crippen LogP contribution in [0.3, 0.4) is 0 Å². The maximum atomic E-state index is 3.42. The third-order valence-corrected chi connectivity index (χ3v) is 4.78. The van der Waals surface area contributed by atoms with Crippen molar-refractivity contribution in [3.63, 3.8) is 0 Å². The van der Waals surface area contributed by atoms with Crippen molar-refractivity contribution in [1.82, 2.24) is 4.98 Å². The minimum absolute atomic E-state index is 0. The van der Waals surface area contributed by atoms with Gasteiger partial charge in [-0.2, -0.15) is 0 Å². The summed E-state index contributed by atoms with van der Waals surface area (Å²) in [6, 6.07) is 27.5. The maximum Gasteiger partial charge on any atom is 0.211 e. The largest absolute Gasteiger partial charge is 1.00 e. The molecule has 0 atom stereocenters. The van der Waals surface area contributed by atoms with Crippen molar-refractivity contribution in [2.24, 2.45) is 0 Å². The van der Waals surface area contributed by atoms with E-state index in [1.165, 1.54) is 33.2 Å². The lowest BCUT2D eigenvalue weighted by atomic mass is 9.90. The lowest BCUT2D eigenvalue weighted by Crippen LogP contribution is -3.00. The van der Waals surface area contributed by atoms with Crippen molar-refractivity contribution in [2.45, 2.75) is 0 Å². The Morgan fingerprint density at radius 3 is 2.25 bits per heavy atom. The van der Waals surface area contributed by atoms with Crippen LogP contribution in [0.15, 0.2) is 85.1 Å². The molecule has 0 bridgehead atoms. The van der Waals surface area contributed by atoms with Crippen LogP contribution in [-0.4, -0.2) is 22.2 Å². The summed E-state index contributed by atoms with van der Waals surface area (Å²) < 4.78 is 0. The van der Waals surface area contributed by atoms with Crippen LogP contribution in [0.5, 0.6) is 0 Å². The lowest BCUT2D eigenvalue weighted by molar-refractivity contribution is -0.342. The molecule has 5 heteroatoms. The average molecular weight is 393 g/mol. The third kappa shape index (κ3) is 3.37. The van der Waals surface area contributed by atoms with Gasteiger partial charge in [-0.25, -0.2) is 4.99 Å². The highest BCUT2D eigenvalue weighted by atomic mass is 35.5. The van der Waals surface area contributed by atoms with Gasteiger partial charge in [-0.05, 0) is 17.7 Å². The monoisotopic (exact) mass is 392 g/mol. The van der Waals surface area contributed by atoms with E-state index in [0.717, 1.165) is 11.2 Å². The molecular weight excluding hydrogens is 372 g/mol. The summed E-state index contributed by atoms with van der Waals surface area (Å²) in [5.74, 6) is 0. The topological polar surface area (TPSA) is 92.8 Å². The van der Waals surface area contributed by atoms with E-state index in [1.54, 1.807) is 0 Å². The molecule has 1 aliphatic heterocycles. The van der Waals surface area contributed by atoms with Crippen molar-refractivity contribution in [1.29, 1.82) is 0 Å².